The number of pyridine rings is 1. The molecule has 2 heterocycles. The molecule has 3 N–H and O–H groups in total. The standard InChI is InChI=1S/C21H15Cl2N5O/c1-11-6-7-12(10-25-11)20-27-18-9-16(23)15(22)8-14(18)21(28-20)26-17-5-3-2-4-13(17)19(24)29/h2-10H,1H3,(H2,24,29)(H,26,27,28). The minimum atomic E-state index is -0.546. The molecule has 0 saturated carbocycles. The van der Waals surface area contributed by atoms with Crippen molar-refractivity contribution in [3.8, 4) is 11.4 Å². The smallest absolute Gasteiger partial charge is 0.250 e. The fourth-order valence-corrected chi connectivity index (χ4v) is 3.20. The number of halogens is 2. The van der Waals surface area contributed by atoms with Gasteiger partial charge in [-0.1, -0.05) is 35.3 Å². The van der Waals surface area contributed by atoms with Crippen molar-refractivity contribution >= 4 is 51.5 Å². The summed E-state index contributed by atoms with van der Waals surface area (Å²) in [6, 6.07) is 14.1. The van der Waals surface area contributed by atoms with Crippen molar-refractivity contribution in [3.05, 3.63) is 76.0 Å². The first-order valence-corrected chi connectivity index (χ1v) is 9.43. The predicted molar refractivity (Wildman–Crippen MR) is 116 cm³/mol. The van der Waals surface area contributed by atoms with Crippen molar-refractivity contribution in [2.75, 3.05) is 5.32 Å². The number of fused-ring (bicyclic) bond motifs is 1. The van der Waals surface area contributed by atoms with Gasteiger partial charge in [-0.15, -0.1) is 0 Å². The lowest BCUT2D eigenvalue weighted by Gasteiger charge is -2.13. The highest BCUT2D eigenvalue weighted by molar-refractivity contribution is 6.42. The number of benzene rings is 2. The van der Waals surface area contributed by atoms with E-state index < -0.39 is 5.91 Å². The second-order valence-corrected chi connectivity index (χ2v) is 7.22. The molecule has 0 spiro atoms. The number of anilines is 2. The van der Waals surface area contributed by atoms with E-state index in [1.807, 2.05) is 19.1 Å². The van der Waals surface area contributed by atoms with Crippen LogP contribution in [0.4, 0.5) is 11.5 Å². The Bertz CT molecular complexity index is 1240. The van der Waals surface area contributed by atoms with Gasteiger partial charge in [0.25, 0.3) is 5.91 Å². The number of para-hydroxylation sites is 1. The molecule has 0 aliphatic heterocycles. The van der Waals surface area contributed by atoms with Crippen LogP contribution in [0.5, 0.6) is 0 Å². The van der Waals surface area contributed by atoms with Gasteiger partial charge in [-0.2, -0.15) is 0 Å². The molecule has 4 rings (SSSR count). The Morgan fingerprint density at radius 1 is 1.03 bits per heavy atom. The maximum absolute atomic E-state index is 11.8. The molecule has 29 heavy (non-hydrogen) atoms. The predicted octanol–water partition coefficient (Wildman–Crippen LogP) is 5.15. The Kier molecular flexibility index (Phi) is 5.05. The molecule has 0 aliphatic carbocycles. The number of aromatic nitrogens is 3. The molecule has 8 heteroatoms. The van der Waals surface area contributed by atoms with Crippen molar-refractivity contribution in [2.24, 2.45) is 5.73 Å². The first kappa shape index (κ1) is 19.1. The topological polar surface area (TPSA) is 93.8 Å². The molecule has 0 unspecified atom stereocenters. The van der Waals surface area contributed by atoms with Crippen LogP contribution in [-0.4, -0.2) is 20.9 Å². The molecule has 0 aliphatic rings. The maximum Gasteiger partial charge on any atom is 0.250 e. The van der Waals surface area contributed by atoms with E-state index in [0.29, 0.717) is 43.8 Å². The third-order valence-electron chi connectivity index (χ3n) is 4.35. The van der Waals surface area contributed by atoms with E-state index in [-0.39, 0.29) is 0 Å². The van der Waals surface area contributed by atoms with Crippen molar-refractivity contribution in [2.45, 2.75) is 6.92 Å². The van der Waals surface area contributed by atoms with Crippen molar-refractivity contribution in [3.63, 3.8) is 0 Å². The minimum Gasteiger partial charge on any atom is -0.366 e. The zero-order chi connectivity index (χ0) is 20.5. The number of aryl methyl sites for hydroxylation is 1. The number of nitrogens with two attached hydrogens (primary N) is 1. The van der Waals surface area contributed by atoms with Gasteiger partial charge in [-0.3, -0.25) is 9.78 Å². The molecule has 2 aromatic carbocycles. The van der Waals surface area contributed by atoms with E-state index in [4.69, 9.17) is 28.9 Å². The number of amides is 1. The molecule has 1 amide bonds. The van der Waals surface area contributed by atoms with Crippen LogP contribution in [-0.2, 0) is 0 Å². The van der Waals surface area contributed by atoms with Crippen LogP contribution in [0.25, 0.3) is 22.3 Å². The minimum absolute atomic E-state index is 0.345. The molecule has 0 radical (unpaired) electrons. The molecular formula is C21H15Cl2N5O. The van der Waals surface area contributed by atoms with E-state index in [1.165, 1.54) is 0 Å². The summed E-state index contributed by atoms with van der Waals surface area (Å²) in [7, 11) is 0. The number of nitrogens with one attached hydrogen (secondary N) is 1. The molecule has 2 aromatic heterocycles. The molecule has 4 aromatic rings. The Morgan fingerprint density at radius 2 is 1.79 bits per heavy atom. The average molecular weight is 424 g/mol. The van der Waals surface area contributed by atoms with Crippen LogP contribution in [0.1, 0.15) is 16.1 Å². The summed E-state index contributed by atoms with van der Waals surface area (Å²) in [4.78, 5) is 25.4. The number of hydrogen-bond acceptors (Lipinski definition) is 5. The molecule has 0 bridgehead atoms. The fourth-order valence-electron chi connectivity index (χ4n) is 2.88. The maximum atomic E-state index is 11.8. The summed E-state index contributed by atoms with van der Waals surface area (Å²) >= 11 is 12.4. The SMILES string of the molecule is Cc1ccc(-c2nc(Nc3ccccc3C(N)=O)c3cc(Cl)c(Cl)cc3n2)cn1. The Balaban J connectivity index is 1.92. The number of carbonyl (C=O) groups excluding carboxylic acids is 1. The number of hydrogen-bond donors (Lipinski definition) is 2. The van der Waals surface area contributed by atoms with Crippen LogP contribution in [0.2, 0.25) is 10.0 Å². The lowest BCUT2D eigenvalue weighted by molar-refractivity contribution is 0.100. The molecule has 0 saturated heterocycles. The van der Waals surface area contributed by atoms with Crippen LogP contribution >= 0.6 is 23.2 Å². The number of carbonyl (C=O) groups is 1. The lowest BCUT2D eigenvalue weighted by atomic mass is 10.1. The zero-order valence-corrected chi connectivity index (χ0v) is 16.8. The molecular weight excluding hydrogens is 409 g/mol. The first-order chi connectivity index (χ1) is 13.9. The van der Waals surface area contributed by atoms with Gasteiger partial charge in [-0.05, 0) is 43.3 Å². The molecule has 0 fully saturated rings. The third-order valence-corrected chi connectivity index (χ3v) is 5.08. The van der Waals surface area contributed by atoms with E-state index in [2.05, 4.69) is 20.3 Å². The van der Waals surface area contributed by atoms with E-state index in [9.17, 15) is 4.79 Å². The summed E-state index contributed by atoms with van der Waals surface area (Å²) in [5.74, 6) is 0.385. The van der Waals surface area contributed by atoms with Gasteiger partial charge in [0.05, 0.1) is 26.8 Å². The van der Waals surface area contributed by atoms with Gasteiger partial charge in [0.15, 0.2) is 5.82 Å². The van der Waals surface area contributed by atoms with Gasteiger partial charge in [-0.25, -0.2) is 9.97 Å². The van der Waals surface area contributed by atoms with Gasteiger partial charge in [0.2, 0.25) is 0 Å². The van der Waals surface area contributed by atoms with E-state index >= 15 is 0 Å². The highest BCUT2D eigenvalue weighted by Gasteiger charge is 2.15. The average Bonchev–Trinajstić information content (AvgIpc) is 2.70. The monoisotopic (exact) mass is 423 g/mol. The van der Waals surface area contributed by atoms with Crippen LogP contribution in [0.3, 0.4) is 0 Å². The number of nitrogens with zero attached hydrogens (tertiary/aromatic N) is 3. The number of rotatable bonds is 4. The van der Waals surface area contributed by atoms with Crippen LogP contribution < -0.4 is 11.1 Å². The summed E-state index contributed by atoms with van der Waals surface area (Å²) in [6.07, 6.45) is 1.70. The highest BCUT2D eigenvalue weighted by atomic mass is 35.5. The van der Waals surface area contributed by atoms with Gasteiger partial charge in [0.1, 0.15) is 5.82 Å². The molecule has 144 valence electrons. The summed E-state index contributed by atoms with van der Waals surface area (Å²) in [5.41, 5.74) is 8.61. The third kappa shape index (κ3) is 3.85. The van der Waals surface area contributed by atoms with Gasteiger partial charge in [0, 0.05) is 22.8 Å². The Hall–Kier alpha value is -3.22. The summed E-state index contributed by atoms with van der Waals surface area (Å²) in [6.45, 7) is 1.90. The number of primary amides is 1. The lowest BCUT2D eigenvalue weighted by Crippen LogP contribution is -2.13. The van der Waals surface area contributed by atoms with Crippen LogP contribution in [0.15, 0.2) is 54.7 Å². The summed E-state index contributed by atoms with van der Waals surface area (Å²) < 4.78 is 0. The molecule has 0 atom stereocenters. The van der Waals surface area contributed by atoms with Crippen molar-refractivity contribution in [1.82, 2.24) is 15.0 Å². The van der Waals surface area contributed by atoms with E-state index in [0.717, 1.165) is 11.3 Å². The van der Waals surface area contributed by atoms with Crippen molar-refractivity contribution < 1.29 is 4.79 Å². The largest absolute Gasteiger partial charge is 0.366 e. The van der Waals surface area contributed by atoms with Gasteiger partial charge >= 0.3 is 0 Å². The summed E-state index contributed by atoms with van der Waals surface area (Å²) in [5, 5.41) is 4.60. The van der Waals surface area contributed by atoms with Crippen molar-refractivity contribution in [1.29, 1.82) is 0 Å². The van der Waals surface area contributed by atoms with Gasteiger partial charge < -0.3 is 11.1 Å². The Labute approximate surface area is 176 Å². The second kappa shape index (κ2) is 7.66. The second-order valence-electron chi connectivity index (χ2n) is 6.40. The molecule has 6 nitrogen and oxygen atoms in total. The van der Waals surface area contributed by atoms with E-state index in [1.54, 1.807) is 42.6 Å². The fraction of sp³-hybridized carbons (Fsp3) is 0.0476. The zero-order valence-electron chi connectivity index (χ0n) is 15.3. The normalized spacial score (nSPS) is 10.9. The quantitative estimate of drug-likeness (QED) is 0.473. The Morgan fingerprint density at radius 3 is 2.52 bits per heavy atom. The first-order valence-electron chi connectivity index (χ1n) is 8.68. The highest BCUT2D eigenvalue weighted by Crippen LogP contribution is 2.33. The van der Waals surface area contributed by atoms with Crippen LogP contribution in [0, 0.1) is 6.92 Å².